The van der Waals surface area contributed by atoms with E-state index in [-0.39, 0.29) is 11.8 Å². The van der Waals surface area contributed by atoms with E-state index < -0.39 is 6.04 Å². The molecular formula is C21H25N3O2. The lowest BCUT2D eigenvalue weighted by atomic mass is 10.1. The van der Waals surface area contributed by atoms with E-state index in [0.29, 0.717) is 19.4 Å². The molecule has 0 aromatic heterocycles. The van der Waals surface area contributed by atoms with Crippen LogP contribution < -0.4 is 15.1 Å². The molecule has 5 nitrogen and oxygen atoms in total. The maximum atomic E-state index is 12.8. The van der Waals surface area contributed by atoms with Gasteiger partial charge in [-0.15, -0.1) is 0 Å². The molecule has 0 saturated heterocycles. The predicted molar refractivity (Wildman–Crippen MR) is 104 cm³/mol. The van der Waals surface area contributed by atoms with Crippen LogP contribution in [0.3, 0.4) is 0 Å². The van der Waals surface area contributed by atoms with Crippen molar-refractivity contribution >= 4 is 23.2 Å². The molecule has 2 aromatic carbocycles. The Kier molecular flexibility index (Phi) is 5.26. The van der Waals surface area contributed by atoms with Crippen molar-refractivity contribution < 1.29 is 9.59 Å². The molecule has 1 heterocycles. The van der Waals surface area contributed by atoms with Gasteiger partial charge in [0.1, 0.15) is 6.04 Å². The third-order valence-electron chi connectivity index (χ3n) is 4.77. The lowest BCUT2D eigenvalue weighted by Crippen LogP contribution is -2.47. The van der Waals surface area contributed by atoms with Crippen molar-refractivity contribution in [2.45, 2.75) is 32.4 Å². The number of hydrogen-bond donors (Lipinski definition) is 1. The maximum Gasteiger partial charge on any atom is 0.243 e. The number of rotatable bonds is 5. The van der Waals surface area contributed by atoms with Crippen LogP contribution in [0, 0.1) is 0 Å². The summed E-state index contributed by atoms with van der Waals surface area (Å²) in [5.41, 5.74) is 4.05. The smallest absolute Gasteiger partial charge is 0.243 e. The fourth-order valence-corrected chi connectivity index (χ4v) is 3.29. The molecule has 0 bridgehead atoms. The molecule has 0 radical (unpaired) electrons. The fourth-order valence-electron chi connectivity index (χ4n) is 3.29. The van der Waals surface area contributed by atoms with E-state index in [2.05, 4.69) is 5.32 Å². The van der Waals surface area contributed by atoms with E-state index in [1.54, 1.807) is 4.90 Å². The van der Waals surface area contributed by atoms with Crippen LogP contribution in [0.25, 0.3) is 0 Å². The predicted octanol–water partition coefficient (Wildman–Crippen LogP) is 2.74. The standard InChI is InChI=1S/C21H25N3O2/c1-4-20(25)24-18-8-6-5-7-16(18)13-19(24)21(26)22-14-15-9-11-17(12-10-15)23(2)3/h5-12,19H,4,13-14H2,1-3H3,(H,22,26)/t19-/m0/s1. The number of hydrogen-bond acceptors (Lipinski definition) is 3. The van der Waals surface area contributed by atoms with E-state index in [0.717, 1.165) is 22.5 Å². The lowest BCUT2D eigenvalue weighted by Gasteiger charge is -2.24. The van der Waals surface area contributed by atoms with Crippen molar-refractivity contribution in [1.29, 1.82) is 0 Å². The highest BCUT2D eigenvalue weighted by molar-refractivity contribution is 6.03. The first-order chi connectivity index (χ1) is 12.5. The van der Waals surface area contributed by atoms with Crippen molar-refractivity contribution in [2.24, 2.45) is 0 Å². The van der Waals surface area contributed by atoms with Gasteiger partial charge in [0.15, 0.2) is 0 Å². The summed E-state index contributed by atoms with van der Waals surface area (Å²) in [6.45, 7) is 2.28. The molecule has 2 aromatic rings. The first kappa shape index (κ1) is 18.0. The van der Waals surface area contributed by atoms with Crippen molar-refractivity contribution in [2.75, 3.05) is 23.9 Å². The molecule has 136 valence electrons. The quantitative estimate of drug-likeness (QED) is 0.901. The van der Waals surface area contributed by atoms with Crippen LogP contribution in [0.4, 0.5) is 11.4 Å². The van der Waals surface area contributed by atoms with E-state index in [1.807, 2.05) is 74.4 Å². The summed E-state index contributed by atoms with van der Waals surface area (Å²) in [5, 5.41) is 2.99. The molecular weight excluding hydrogens is 326 g/mol. The summed E-state index contributed by atoms with van der Waals surface area (Å²) in [4.78, 5) is 28.9. The van der Waals surface area contributed by atoms with Crippen LogP contribution in [0.1, 0.15) is 24.5 Å². The molecule has 1 N–H and O–H groups in total. The Hall–Kier alpha value is -2.82. The molecule has 0 fully saturated rings. The molecule has 0 aliphatic carbocycles. The van der Waals surface area contributed by atoms with Gasteiger partial charge in [0.2, 0.25) is 11.8 Å². The number of nitrogens with zero attached hydrogens (tertiary/aromatic N) is 2. The zero-order valence-electron chi connectivity index (χ0n) is 15.5. The van der Waals surface area contributed by atoms with Gasteiger partial charge in [-0.1, -0.05) is 37.3 Å². The molecule has 0 saturated carbocycles. The number of carbonyl (C=O) groups is 2. The Labute approximate surface area is 154 Å². The molecule has 1 aliphatic heterocycles. The van der Waals surface area contributed by atoms with Gasteiger partial charge >= 0.3 is 0 Å². The van der Waals surface area contributed by atoms with Gasteiger partial charge in [0.05, 0.1) is 0 Å². The molecule has 26 heavy (non-hydrogen) atoms. The third-order valence-corrected chi connectivity index (χ3v) is 4.77. The fraction of sp³-hybridized carbons (Fsp3) is 0.333. The van der Waals surface area contributed by atoms with Crippen LogP contribution in [0.2, 0.25) is 0 Å². The van der Waals surface area contributed by atoms with Gasteiger partial charge < -0.3 is 10.2 Å². The Morgan fingerprint density at radius 3 is 2.46 bits per heavy atom. The maximum absolute atomic E-state index is 12.8. The highest BCUT2D eigenvalue weighted by atomic mass is 16.2. The van der Waals surface area contributed by atoms with Gasteiger partial charge in [0.25, 0.3) is 0 Å². The van der Waals surface area contributed by atoms with Gasteiger partial charge in [0, 0.05) is 44.9 Å². The number of anilines is 2. The molecule has 0 spiro atoms. The first-order valence-corrected chi connectivity index (χ1v) is 8.95. The number of fused-ring (bicyclic) bond motifs is 1. The third kappa shape index (κ3) is 3.57. The summed E-state index contributed by atoms with van der Waals surface area (Å²) in [6.07, 6.45) is 0.942. The topological polar surface area (TPSA) is 52.7 Å². The van der Waals surface area contributed by atoms with Gasteiger partial charge in [-0.2, -0.15) is 0 Å². The SMILES string of the molecule is CCC(=O)N1c2ccccc2C[C@H]1C(=O)NCc1ccc(N(C)C)cc1. The number of carbonyl (C=O) groups excluding carboxylic acids is 2. The number of nitrogens with one attached hydrogen (secondary N) is 1. The number of para-hydroxylation sites is 1. The minimum absolute atomic E-state index is 0.0227. The average molecular weight is 351 g/mol. The Bertz CT molecular complexity index is 799. The average Bonchev–Trinajstić information content (AvgIpc) is 3.05. The summed E-state index contributed by atoms with van der Waals surface area (Å²) in [7, 11) is 3.99. The highest BCUT2D eigenvalue weighted by Crippen LogP contribution is 2.32. The van der Waals surface area contributed by atoms with E-state index >= 15 is 0 Å². The normalized spacial score (nSPS) is 15.5. The van der Waals surface area contributed by atoms with Crippen molar-refractivity contribution in [1.82, 2.24) is 5.32 Å². The second-order valence-electron chi connectivity index (χ2n) is 6.74. The van der Waals surface area contributed by atoms with E-state index in [9.17, 15) is 9.59 Å². The number of benzene rings is 2. The molecule has 1 atom stereocenters. The van der Waals surface area contributed by atoms with Gasteiger partial charge in [-0.25, -0.2) is 0 Å². The molecule has 0 unspecified atom stereocenters. The summed E-state index contributed by atoms with van der Waals surface area (Å²) in [5.74, 6) is -0.134. The van der Waals surface area contributed by atoms with Crippen molar-refractivity contribution in [3.05, 3.63) is 59.7 Å². The molecule has 5 heteroatoms. The summed E-state index contributed by atoms with van der Waals surface area (Å²) in [6, 6.07) is 15.3. The van der Waals surface area contributed by atoms with Crippen LogP contribution in [-0.4, -0.2) is 32.0 Å². The van der Waals surface area contributed by atoms with Gasteiger partial charge in [-0.3, -0.25) is 14.5 Å². The minimum Gasteiger partial charge on any atom is -0.378 e. The number of amides is 2. The van der Waals surface area contributed by atoms with Crippen LogP contribution in [0.15, 0.2) is 48.5 Å². The monoisotopic (exact) mass is 351 g/mol. The molecule has 3 rings (SSSR count). The van der Waals surface area contributed by atoms with Crippen molar-refractivity contribution in [3.63, 3.8) is 0 Å². The van der Waals surface area contributed by atoms with E-state index in [1.165, 1.54) is 0 Å². The van der Waals surface area contributed by atoms with Crippen LogP contribution in [0.5, 0.6) is 0 Å². The zero-order chi connectivity index (χ0) is 18.7. The highest BCUT2D eigenvalue weighted by Gasteiger charge is 2.37. The second kappa shape index (κ2) is 7.60. The Morgan fingerprint density at radius 2 is 1.81 bits per heavy atom. The summed E-state index contributed by atoms with van der Waals surface area (Å²) < 4.78 is 0. The minimum atomic E-state index is -0.471. The van der Waals surface area contributed by atoms with Crippen LogP contribution >= 0.6 is 0 Å². The van der Waals surface area contributed by atoms with Crippen molar-refractivity contribution in [3.8, 4) is 0 Å². The zero-order valence-corrected chi connectivity index (χ0v) is 15.5. The van der Waals surface area contributed by atoms with Gasteiger partial charge in [-0.05, 0) is 29.3 Å². The Morgan fingerprint density at radius 1 is 1.12 bits per heavy atom. The van der Waals surface area contributed by atoms with E-state index in [4.69, 9.17) is 0 Å². The first-order valence-electron chi connectivity index (χ1n) is 8.95. The Balaban J connectivity index is 1.70. The molecule has 2 amide bonds. The molecule has 1 aliphatic rings. The lowest BCUT2D eigenvalue weighted by molar-refractivity contribution is -0.126. The van der Waals surface area contributed by atoms with Crippen LogP contribution in [-0.2, 0) is 22.6 Å². The summed E-state index contributed by atoms with van der Waals surface area (Å²) >= 11 is 0. The second-order valence-corrected chi connectivity index (χ2v) is 6.74. The largest absolute Gasteiger partial charge is 0.378 e.